The Morgan fingerprint density at radius 2 is 0.514 bits per heavy atom. The Hall–Kier alpha value is -0.360. The van der Waals surface area contributed by atoms with Gasteiger partial charge in [0.05, 0.1) is 0 Å². The van der Waals surface area contributed by atoms with Crippen molar-refractivity contribution in [1.82, 2.24) is 47.4 Å². The predicted octanol–water partition coefficient (Wildman–Crippen LogP) is 9.72. The molecule has 72 heavy (non-hydrogen) atoms. The standard InChI is InChI=1S/C9H16.C8H14.C7H14N2.4C7H13N.C6H11N.C5H10N2/c1-3-8-5-2-6-9(4-1)7-8;1-2-7-4-5-8(3-1)6-7;1-6-2-8-4-7(1)5-9-3-6;1-4-8-5-2-7(1)3-6-8;1-3-7-4-2-6(1)5-8-7;2*1-2-7-3-6(1)4-8-5-7;1-2-6-3-5(1)4-7-6;1-4-2-6-5(1)3-7-4/h8-9H,1-7H2;7-8H,1-6H2;6-9H,1-5H2;7H,1-6H2;3*6-8H,1-5H2;5-7H,1-4H2;4-7H,1-3H2. The first-order valence-corrected chi connectivity index (χ1v) is 33.0. The van der Waals surface area contributed by atoms with Crippen LogP contribution in [0.1, 0.15) is 199 Å². The summed E-state index contributed by atoms with van der Waals surface area (Å²) in [5, 5.41) is 27.5. The number of nitrogens with one attached hydrogen (secondary N) is 8. The summed E-state index contributed by atoms with van der Waals surface area (Å²) in [5.41, 5.74) is 0. The van der Waals surface area contributed by atoms with Crippen molar-refractivity contribution in [1.29, 1.82) is 0 Å². The zero-order chi connectivity index (χ0) is 48.6. The van der Waals surface area contributed by atoms with E-state index in [0.29, 0.717) is 0 Å². The Morgan fingerprint density at radius 1 is 0.194 bits per heavy atom. The van der Waals surface area contributed by atoms with E-state index in [1.165, 1.54) is 233 Å². The number of piperidine rings is 10. The number of hydrogen-bond acceptors (Lipinski definition) is 9. The van der Waals surface area contributed by atoms with E-state index in [1.807, 2.05) is 0 Å². The van der Waals surface area contributed by atoms with Gasteiger partial charge in [0.1, 0.15) is 0 Å². The van der Waals surface area contributed by atoms with E-state index < -0.39 is 0 Å². The van der Waals surface area contributed by atoms with Crippen LogP contribution in [0.3, 0.4) is 0 Å². The lowest BCUT2D eigenvalue weighted by Crippen LogP contribution is -2.49. The Labute approximate surface area is 443 Å². The quantitative estimate of drug-likeness (QED) is 0.121. The van der Waals surface area contributed by atoms with E-state index in [2.05, 4.69) is 47.4 Å². The van der Waals surface area contributed by atoms with Gasteiger partial charge in [-0.05, 0) is 290 Å². The number of piperazine rings is 1. The first-order valence-electron chi connectivity index (χ1n) is 33.0. The number of hydrogen-bond donors (Lipinski definition) is 8. The molecule has 0 amide bonds. The van der Waals surface area contributed by atoms with Crippen LogP contribution < -0.4 is 42.5 Å². The lowest BCUT2D eigenvalue weighted by Gasteiger charge is -2.38. The normalized spacial score (nSPS) is 45.0. The molecule has 0 spiro atoms. The predicted molar refractivity (Wildman–Crippen MR) is 304 cm³/mol. The fourth-order valence-electron chi connectivity index (χ4n) is 18.0. The summed E-state index contributed by atoms with van der Waals surface area (Å²) in [6.07, 6.45) is 46.8. The van der Waals surface area contributed by atoms with Crippen LogP contribution in [0.2, 0.25) is 0 Å². The maximum Gasteiger partial charge on any atom is 0.0208 e. The molecule has 12 aliphatic heterocycles. The van der Waals surface area contributed by atoms with E-state index in [0.717, 1.165) is 101 Å². The second kappa shape index (κ2) is 29.6. The first kappa shape index (κ1) is 55.0. The minimum absolute atomic E-state index is 0.810. The minimum atomic E-state index is 0.810. The molecule has 12 heterocycles. The summed E-state index contributed by atoms with van der Waals surface area (Å²) >= 11 is 0. The number of rotatable bonds is 0. The van der Waals surface area contributed by atoms with E-state index in [-0.39, 0.29) is 0 Å². The van der Waals surface area contributed by atoms with Crippen LogP contribution >= 0.6 is 0 Å². The van der Waals surface area contributed by atoms with Crippen LogP contribution in [-0.2, 0) is 0 Å². The van der Waals surface area contributed by atoms with Gasteiger partial charge in [-0.1, -0.05) is 70.6 Å². The second-order valence-corrected chi connectivity index (χ2v) is 28.4. The van der Waals surface area contributed by atoms with Crippen molar-refractivity contribution >= 4 is 0 Å². The van der Waals surface area contributed by atoms with Gasteiger partial charge in [0, 0.05) is 37.3 Å². The topological polar surface area (TPSA) is 99.5 Å². The number of fused-ring (bicyclic) bond motifs is 20. The Balaban J connectivity index is 0.0000000933. The second-order valence-electron chi connectivity index (χ2n) is 28.4. The summed E-state index contributed by atoms with van der Waals surface area (Å²) in [6, 6.07) is 3.44. The highest BCUT2D eigenvalue weighted by Crippen LogP contribution is 2.42. The summed E-state index contributed by atoms with van der Waals surface area (Å²) in [5.74, 6) is 13.9. The molecule has 9 nitrogen and oxygen atoms in total. The lowest BCUT2D eigenvalue weighted by molar-refractivity contribution is 0.111. The van der Waals surface area contributed by atoms with Crippen LogP contribution in [0.4, 0.5) is 0 Å². The Morgan fingerprint density at radius 3 is 0.722 bits per heavy atom. The van der Waals surface area contributed by atoms with Gasteiger partial charge in [-0.15, -0.1) is 0 Å². The lowest BCUT2D eigenvalue weighted by atomic mass is 9.72. The van der Waals surface area contributed by atoms with Crippen molar-refractivity contribution in [2.24, 2.45) is 76.9 Å². The van der Waals surface area contributed by atoms with Gasteiger partial charge in [-0.2, -0.15) is 0 Å². The summed E-state index contributed by atoms with van der Waals surface area (Å²) in [4.78, 5) is 2.58. The molecule has 8 N–H and O–H groups in total. The average molecular weight is 1000 g/mol. The van der Waals surface area contributed by atoms with Crippen LogP contribution in [-0.4, -0.2) is 127 Å². The average Bonchev–Trinajstić information content (AvgIpc) is 4.37. The Bertz CT molecular complexity index is 1160. The third-order valence-corrected chi connectivity index (χ3v) is 22.6. The van der Waals surface area contributed by atoms with Gasteiger partial charge in [0.2, 0.25) is 0 Å². The van der Waals surface area contributed by atoms with Crippen molar-refractivity contribution in [2.75, 3.05) is 98.2 Å². The molecule has 20 aliphatic rings. The summed E-state index contributed by atoms with van der Waals surface area (Å²) in [6.45, 7) is 19.4. The van der Waals surface area contributed by atoms with E-state index in [4.69, 9.17) is 0 Å². The molecule has 20 fully saturated rings. The third kappa shape index (κ3) is 18.1. The SMILES string of the molecule is C1CC2CC1CN2.C1CC2CCC(C1)C2.C1CC2CCC1CN2.C1CC2CCCC(C1)C2.C1CC2CNCC1C2.C1CC2CNCC1C2.C1CN2CCC1CC2.C1NC2CNC1C2.C1NCC2CNCC1C2. The number of nitrogens with zero attached hydrogens (tertiary/aromatic N) is 1. The highest BCUT2D eigenvalue weighted by atomic mass is 15.1. The van der Waals surface area contributed by atoms with Gasteiger partial charge in [-0.25, -0.2) is 0 Å². The van der Waals surface area contributed by atoms with Gasteiger partial charge in [0.25, 0.3) is 0 Å². The molecule has 10 atom stereocenters. The molecule has 0 aromatic heterocycles. The van der Waals surface area contributed by atoms with Crippen LogP contribution in [0, 0.1) is 76.9 Å². The molecule has 10 unspecified atom stereocenters. The monoisotopic (exact) mass is 1000 g/mol. The maximum atomic E-state index is 3.52. The minimum Gasteiger partial charge on any atom is -0.316 e. The van der Waals surface area contributed by atoms with Crippen LogP contribution in [0.25, 0.3) is 0 Å². The smallest absolute Gasteiger partial charge is 0.0208 e. The molecular formula is C63H117N9. The molecule has 18 bridgehead atoms. The molecule has 20 rings (SSSR count). The molecular weight excluding hydrogens is 883 g/mol. The fraction of sp³-hybridized carbons (Fsp3) is 1.00. The molecule has 414 valence electrons. The molecule has 0 aromatic rings. The van der Waals surface area contributed by atoms with Gasteiger partial charge >= 0.3 is 0 Å². The largest absolute Gasteiger partial charge is 0.316 e. The van der Waals surface area contributed by atoms with Gasteiger partial charge < -0.3 is 47.4 Å². The zero-order valence-electron chi connectivity index (χ0n) is 46.8. The van der Waals surface area contributed by atoms with E-state index >= 15 is 0 Å². The molecule has 9 heteroatoms. The third-order valence-electron chi connectivity index (χ3n) is 22.6. The van der Waals surface area contributed by atoms with E-state index in [9.17, 15) is 0 Å². The van der Waals surface area contributed by atoms with E-state index in [1.54, 1.807) is 64.2 Å². The van der Waals surface area contributed by atoms with Crippen LogP contribution in [0.5, 0.6) is 0 Å². The van der Waals surface area contributed by atoms with Gasteiger partial charge in [-0.3, -0.25) is 0 Å². The molecule has 0 aromatic carbocycles. The van der Waals surface area contributed by atoms with Crippen molar-refractivity contribution in [3.63, 3.8) is 0 Å². The maximum absolute atomic E-state index is 3.52. The fourth-order valence-corrected chi connectivity index (χ4v) is 18.0. The van der Waals surface area contributed by atoms with Crippen molar-refractivity contribution in [3.05, 3.63) is 0 Å². The van der Waals surface area contributed by atoms with Crippen LogP contribution in [0.15, 0.2) is 0 Å². The molecule has 8 saturated carbocycles. The molecule has 8 aliphatic carbocycles. The first-order chi connectivity index (χ1) is 35.5. The highest BCUT2D eigenvalue weighted by Gasteiger charge is 2.33. The van der Waals surface area contributed by atoms with Gasteiger partial charge in [0.15, 0.2) is 0 Å². The summed E-state index contributed by atoms with van der Waals surface area (Å²) in [7, 11) is 0. The van der Waals surface area contributed by atoms with Crippen molar-refractivity contribution in [3.8, 4) is 0 Å². The highest BCUT2D eigenvalue weighted by molar-refractivity contribution is 4.95. The zero-order valence-corrected chi connectivity index (χ0v) is 46.8. The van der Waals surface area contributed by atoms with Crippen molar-refractivity contribution in [2.45, 2.75) is 223 Å². The molecule has 12 saturated heterocycles. The molecule has 0 radical (unpaired) electrons. The summed E-state index contributed by atoms with van der Waals surface area (Å²) < 4.78 is 0. The Kier molecular flexibility index (Phi) is 22.6. The van der Waals surface area contributed by atoms with Crippen molar-refractivity contribution < 1.29 is 0 Å².